The molecule has 14 heavy (non-hydrogen) atoms. The number of hydrogen-bond acceptors (Lipinski definition) is 4. The Morgan fingerprint density at radius 3 is 2.86 bits per heavy atom. The third-order valence-electron chi connectivity index (χ3n) is 2.04. The van der Waals surface area contributed by atoms with Crippen LogP contribution in [-0.4, -0.2) is 4.98 Å². The minimum Gasteiger partial charge on any atom is -0.462 e. The summed E-state index contributed by atoms with van der Waals surface area (Å²) < 4.78 is 5.35. The monoisotopic (exact) mass is 208 g/mol. The summed E-state index contributed by atoms with van der Waals surface area (Å²) in [6, 6.07) is 1.91. The standard InChI is InChI=1S/C10H12N2OS/c1-6-3-4-13-9(6)10-12-8(5-14-10)7(2)11/h3-5,7H,11H2,1-2H3. The molecule has 4 heteroatoms. The molecule has 1 atom stereocenters. The molecule has 0 aromatic carbocycles. The lowest BCUT2D eigenvalue weighted by molar-refractivity contribution is 0.580. The van der Waals surface area contributed by atoms with Gasteiger partial charge in [0.1, 0.15) is 0 Å². The van der Waals surface area contributed by atoms with Crippen LogP contribution in [0.5, 0.6) is 0 Å². The molecule has 74 valence electrons. The number of nitrogens with two attached hydrogens (primary N) is 1. The van der Waals surface area contributed by atoms with Crippen LogP contribution in [0.2, 0.25) is 0 Å². The summed E-state index contributed by atoms with van der Waals surface area (Å²) in [5.41, 5.74) is 7.76. The van der Waals surface area contributed by atoms with Crippen LogP contribution in [-0.2, 0) is 0 Å². The molecule has 0 amide bonds. The molecule has 2 N–H and O–H groups in total. The molecule has 2 aromatic heterocycles. The lowest BCUT2D eigenvalue weighted by Crippen LogP contribution is -2.04. The molecular formula is C10H12N2OS. The van der Waals surface area contributed by atoms with Crippen LogP contribution in [0.25, 0.3) is 10.8 Å². The van der Waals surface area contributed by atoms with E-state index in [9.17, 15) is 0 Å². The molecular weight excluding hydrogens is 196 g/mol. The lowest BCUT2D eigenvalue weighted by Gasteiger charge is -1.97. The molecule has 0 fully saturated rings. The van der Waals surface area contributed by atoms with Gasteiger partial charge in [0.2, 0.25) is 0 Å². The number of thiazole rings is 1. The summed E-state index contributed by atoms with van der Waals surface area (Å²) in [5, 5.41) is 2.88. The Balaban J connectivity index is 2.39. The maximum Gasteiger partial charge on any atom is 0.165 e. The number of aryl methyl sites for hydroxylation is 1. The number of aromatic nitrogens is 1. The van der Waals surface area contributed by atoms with Crippen molar-refractivity contribution in [3.63, 3.8) is 0 Å². The molecule has 3 nitrogen and oxygen atoms in total. The largest absolute Gasteiger partial charge is 0.462 e. The summed E-state index contributed by atoms with van der Waals surface area (Å²) >= 11 is 1.56. The third kappa shape index (κ3) is 1.58. The zero-order chi connectivity index (χ0) is 10.1. The quantitative estimate of drug-likeness (QED) is 0.825. The Morgan fingerprint density at radius 1 is 1.57 bits per heavy atom. The van der Waals surface area contributed by atoms with Crippen molar-refractivity contribution >= 4 is 11.3 Å². The minimum atomic E-state index is -0.0183. The van der Waals surface area contributed by atoms with E-state index < -0.39 is 0 Å². The highest BCUT2D eigenvalue weighted by Gasteiger charge is 2.11. The van der Waals surface area contributed by atoms with E-state index in [1.165, 1.54) is 0 Å². The predicted octanol–water partition coefficient (Wildman–Crippen LogP) is 2.73. The molecule has 2 rings (SSSR count). The van der Waals surface area contributed by atoms with E-state index >= 15 is 0 Å². The van der Waals surface area contributed by atoms with Crippen LogP contribution in [0.1, 0.15) is 24.2 Å². The average molecular weight is 208 g/mol. The van der Waals surface area contributed by atoms with Gasteiger partial charge in [0.25, 0.3) is 0 Å². The van der Waals surface area contributed by atoms with Crippen molar-refractivity contribution in [3.05, 3.63) is 29.0 Å². The zero-order valence-electron chi connectivity index (χ0n) is 8.15. The maximum absolute atomic E-state index is 5.73. The summed E-state index contributed by atoms with van der Waals surface area (Å²) in [5.74, 6) is 0.849. The van der Waals surface area contributed by atoms with Gasteiger partial charge in [-0.05, 0) is 25.5 Å². The van der Waals surface area contributed by atoms with Gasteiger partial charge in [-0.1, -0.05) is 0 Å². The van der Waals surface area contributed by atoms with Crippen LogP contribution < -0.4 is 5.73 Å². The smallest absolute Gasteiger partial charge is 0.165 e. The highest BCUT2D eigenvalue weighted by Crippen LogP contribution is 2.28. The minimum absolute atomic E-state index is 0.0183. The Morgan fingerprint density at radius 2 is 2.36 bits per heavy atom. The fourth-order valence-corrected chi connectivity index (χ4v) is 2.17. The van der Waals surface area contributed by atoms with Gasteiger partial charge in [0.15, 0.2) is 10.8 Å². The molecule has 0 aliphatic rings. The Labute approximate surface area is 86.6 Å². The van der Waals surface area contributed by atoms with Gasteiger partial charge < -0.3 is 10.2 Å². The second-order valence-electron chi connectivity index (χ2n) is 3.30. The molecule has 0 spiro atoms. The van der Waals surface area contributed by atoms with Crippen molar-refractivity contribution in [2.75, 3.05) is 0 Å². The van der Waals surface area contributed by atoms with Crippen LogP contribution in [0, 0.1) is 6.92 Å². The average Bonchev–Trinajstić information content (AvgIpc) is 2.71. The van der Waals surface area contributed by atoms with Crippen molar-refractivity contribution in [3.8, 4) is 10.8 Å². The fourth-order valence-electron chi connectivity index (χ4n) is 1.19. The van der Waals surface area contributed by atoms with Gasteiger partial charge in [-0.25, -0.2) is 4.98 Å². The van der Waals surface area contributed by atoms with Crippen molar-refractivity contribution in [1.29, 1.82) is 0 Å². The Bertz CT molecular complexity index is 431. The predicted molar refractivity (Wildman–Crippen MR) is 57.2 cm³/mol. The number of nitrogens with zero attached hydrogens (tertiary/aromatic N) is 1. The first kappa shape index (κ1) is 9.43. The van der Waals surface area contributed by atoms with E-state index in [1.807, 2.05) is 25.3 Å². The molecule has 2 heterocycles. The molecule has 0 saturated carbocycles. The molecule has 0 saturated heterocycles. The summed E-state index contributed by atoms with van der Waals surface area (Å²) in [7, 11) is 0. The van der Waals surface area contributed by atoms with Crippen LogP contribution in [0.4, 0.5) is 0 Å². The van der Waals surface area contributed by atoms with Crippen molar-refractivity contribution in [1.82, 2.24) is 4.98 Å². The van der Waals surface area contributed by atoms with Crippen molar-refractivity contribution < 1.29 is 4.42 Å². The van der Waals surface area contributed by atoms with E-state index in [0.717, 1.165) is 22.0 Å². The highest BCUT2D eigenvalue weighted by molar-refractivity contribution is 7.13. The summed E-state index contributed by atoms with van der Waals surface area (Å²) in [6.45, 7) is 3.93. The SMILES string of the molecule is Cc1ccoc1-c1nc(C(C)N)cs1. The third-order valence-corrected chi connectivity index (χ3v) is 2.90. The molecule has 1 unspecified atom stereocenters. The summed E-state index contributed by atoms with van der Waals surface area (Å²) in [6.07, 6.45) is 1.68. The van der Waals surface area contributed by atoms with E-state index in [-0.39, 0.29) is 6.04 Å². The van der Waals surface area contributed by atoms with Crippen LogP contribution in [0.3, 0.4) is 0 Å². The normalized spacial score (nSPS) is 13.1. The number of hydrogen-bond donors (Lipinski definition) is 1. The lowest BCUT2D eigenvalue weighted by atomic mass is 10.3. The molecule has 0 aliphatic heterocycles. The zero-order valence-corrected chi connectivity index (χ0v) is 8.97. The van der Waals surface area contributed by atoms with Crippen LogP contribution >= 0.6 is 11.3 Å². The maximum atomic E-state index is 5.73. The first-order valence-electron chi connectivity index (χ1n) is 4.44. The second kappa shape index (κ2) is 3.55. The van der Waals surface area contributed by atoms with Gasteiger partial charge in [-0.3, -0.25) is 0 Å². The van der Waals surface area contributed by atoms with Gasteiger partial charge in [-0.2, -0.15) is 0 Å². The summed E-state index contributed by atoms with van der Waals surface area (Å²) in [4.78, 5) is 4.41. The van der Waals surface area contributed by atoms with E-state index in [0.29, 0.717) is 0 Å². The number of furan rings is 1. The van der Waals surface area contributed by atoms with Gasteiger partial charge >= 0.3 is 0 Å². The van der Waals surface area contributed by atoms with Crippen molar-refractivity contribution in [2.24, 2.45) is 5.73 Å². The number of rotatable bonds is 2. The van der Waals surface area contributed by atoms with E-state index in [2.05, 4.69) is 4.98 Å². The van der Waals surface area contributed by atoms with Gasteiger partial charge in [0, 0.05) is 11.4 Å². The van der Waals surface area contributed by atoms with Gasteiger partial charge in [-0.15, -0.1) is 11.3 Å². The first-order valence-corrected chi connectivity index (χ1v) is 5.32. The van der Waals surface area contributed by atoms with Gasteiger partial charge in [0.05, 0.1) is 12.0 Å². The topological polar surface area (TPSA) is 52.0 Å². The first-order chi connectivity index (χ1) is 6.68. The van der Waals surface area contributed by atoms with Crippen molar-refractivity contribution in [2.45, 2.75) is 19.9 Å². The molecule has 2 aromatic rings. The molecule has 0 aliphatic carbocycles. The molecule has 0 radical (unpaired) electrons. The fraction of sp³-hybridized carbons (Fsp3) is 0.300. The van der Waals surface area contributed by atoms with Crippen LogP contribution in [0.15, 0.2) is 22.1 Å². The Hall–Kier alpha value is -1.13. The Kier molecular flexibility index (Phi) is 2.39. The van der Waals surface area contributed by atoms with E-state index in [1.54, 1.807) is 17.6 Å². The second-order valence-corrected chi connectivity index (χ2v) is 4.16. The highest BCUT2D eigenvalue weighted by atomic mass is 32.1. The van der Waals surface area contributed by atoms with E-state index in [4.69, 9.17) is 10.2 Å². The molecule has 0 bridgehead atoms.